The van der Waals surface area contributed by atoms with Crippen LogP contribution in [0.3, 0.4) is 0 Å². The summed E-state index contributed by atoms with van der Waals surface area (Å²) in [6.45, 7) is 4.92. The van der Waals surface area contributed by atoms with Gasteiger partial charge in [0.15, 0.2) is 5.82 Å². The Bertz CT molecular complexity index is 3120. The van der Waals surface area contributed by atoms with Gasteiger partial charge in [-0.2, -0.15) is 0 Å². The Morgan fingerprint density at radius 3 is 2.04 bits per heavy atom. The Morgan fingerprint density at radius 1 is 0.463 bits per heavy atom. The van der Waals surface area contributed by atoms with Gasteiger partial charge in [-0.3, -0.25) is 0 Å². The molecule has 0 amide bonds. The van der Waals surface area contributed by atoms with Gasteiger partial charge in [0.1, 0.15) is 8.07 Å². The molecule has 0 atom stereocenters. The fourth-order valence-corrected chi connectivity index (χ4v) is 12.1. The maximum absolute atomic E-state index is 5.47. The van der Waals surface area contributed by atoms with Gasteiger partial charge in [-0.25, -0.2) is 9.97 Å². The molecule has 0 radical (unpaired) electrons. The molecule has 0 aliphatic carbocycles. The van der Waals surface area contributed by atoms with Crippen molar-refractivity contribution in [1.29, 1.82) is 0 Å². The molecule has 54 heavy (non-hydrogen) atoms. The molecule has 254 valence electrons. The van der Waals surface area contributed by atoms with E-state index >= 15 is 0 Å². The summed E-state index contributed by atoms with van der Waals surface area (Å²) in [7, 11) is -1.89. The molecule has 3 heterocycles. The van der Waals surface area contributed by atoms with Gasteiger partial charge >= 0.3 is 0 Å². The van der Waals surface area contributed by atoms with Crippen LogP contribution >= 0.6 is 0 Å². The van der Waals surface area contributed by atoms with Crippen molar-refractivity contribution in [3.63, 3.8) is 0 Å². The maximum Gasteiger partial charge on any atom is 0.160 e. The highest BCUT2D eigenvalue weighted by molar-refractivity contribution is 7.04. The van der Waals surface area contributed by atoms with Gasteiger partial charge in [0.05, 0.1) is 22.2 Å². The van der Waals surface area contributed by atoms with E-state index in [1.807, 2.05) is 0 Å². The lowest BCUT2D eigenvalue weighted by atomic mass is 9.97. The first-order chi connectivity index (χ1) is 26.5. The summed E-state index contributed by atoms with van der Waals surface area (Å²) in [4.78, 5) is 10.8. The third-order valence-corrected chi connectivity index (χ3v) is 15.1. The van der Waals surface area contributed by atoms with Gasteiger partial charge in [0.2, 0.25) is 0 Å². The van der Waals surface area contributed by atoms with E-state index in [4.69, 9.17) is 9.97 Å². The first-order valence-corrected chi connectivity index (χ1v) is 21.7. The second-order valence-corrected chi connectivity index (χ2v) is 19.3. The summed E-state index contributed by atoms with van der Waals surface area (Å²) in [5, 5.41) is 9.04. The molecular formula is C50H35N3Si. The number of rotatable bonds is 4. The van der Waals surface area contributed by atoms with Crippen molar-refractivity contribution in [1.82, 2.24) is 14.5 Å². The van der Waals surface area contributed by atoms with E-state index in [2.05, 4.69) is 194 Å². The lowest BCUT2D eigenvalue weighted by molar-refractivity contribution is 1.18. The second kappa shape index (κ2) is 11.7. The van der Waals surface area contributed by atoms with Gasteiger partial charge in [-0.15, -0.1) is 0 Å². The van der Waals surface area contributed by atoms with Crippen molar-refractivity contribution < 1.29 is 0 Å². The number of benzene rings is 8. The van der Waals surface area contributed by atoms with Crippen LogP contribution in [0.25, 0.3) is 94.1 Å². The SMILES string of the molecule is C[Si]1(C)c2ccccc2-c2c1ccc1c(-c3ccccc3)nc(-c3cccc(-c4ccc5c(c4)c4c6ccccc6ccc4n5-c4ccccc4)c3)nc21. The molecule has 1 aliphatic rings. The summed E-state index contributed by atoms with van der Waals surface area (Å²) >= 11 is 0. The van der Waals surface area contributed by atoms with Crippen LogP contribution in [0.15, 0.2) is 176 Å². The van der Waals surface area contributed by atoms with Crippen molar-refractivity contribution in [3.8, 4) is 50.6 Å². The predicted molar refractivity (Wildman–Crippen MR) is 230 cm³/mol. The third kappa shape index (κ3) is 4.53. The zero-order valence-electron chi connectivity index (χ0n) is 30.1. The third-order valence-electron chi connectivity index (χ3n) is 11.6. The molecular weight excluding hydrogens is 671 g/mol. The van der Waals surface area contributed by atoms with Crippen LogP contribution in [0.2, 0.25) is 13.1 Å². The smallest absolute Gasteiger partial charge is 0.160 e. The first-order valence-electron chi connectivity index (χ1n) is 18.7. The average molecular weight is 706 g/mol. The maximum atomic E-state index is 5.47. The van der Waals surface area contributed by atoms with E-state index in [-0.39, 0.29) is 0 Å². The van der Waals surface area contributed by atoms with Crippen molar-refractivity contribution in [2.24, 2.45) is 0 Å². The molecule has 0 saturated heterocycles. The first kappa shape index (κ1) is 31.0. The molecule has 3 nitrogen and oxygen atoms in total. The van der Waals surface area contributed by atoms with E-state index in [1.165, 1.54) is 54.1 Å². The Balaban J connectivity index is 1.13. The fourth-order valence-electron chi connectivity index (χ4n) is 8.99. The molecule has 0 unspecified atom stereocenters. The minimum atomic E-state index is -1.89. The number of aromatic nitrogens is 3. The molecule has 4 heteroatoms. The molecule has 1 aliphatic heterocycles. The van der Waals surface area contributed by atoms with Crippen LogP contribution in [0.4, 0.5) is 0 Å². The second-order valence-electron chi connectivity index (χ2n) is 15.0. The number of hydrogen-bond acceptors (Lipinski definition) is 2. The van der Waals surface area contributed by atoms with Crippen LogP contribution in [0.1, 0.15) is 0 Å². The van der Waals surface area contributed by atoms with Crippen LogP contribution < -0.4 is 10.4 Å². The summed E-state index contributed by atoms with van der Waals surface area (Å²) in [6.07, 6.45) is 0. The van der Waals surface area contributed by atoms with E-state index < -0.39 is 8.07 Å². The van der Waals surface area contributed by atoms with Crippen molar-refractivity contribution in [2.45, 2.75) is 13.1 Å². The quantitative estimate of drug-likeness (QED) is 0.171. The van der Waals surface area contributed by atoms with Crippen molar-refractivity contribution in [2.75, 3.05) is 0 Å². The topological polar surface area (TPSA) is 30.7 Å². The van der Waals surface area contributed by atoms with Gasteiger partial charge < -0.3 is 4.57 Å². The predicted octanol–water partition coefficient (Wildman–Crippen LogP) is 11.7. The number of para-hydroxylation sites is 1. The molecule has 0 N–H and O–H groups in total. The summed E-state index contributed by atoms with van der Waals surface area (Å²) in [5.41, 5.74) is 12.6. The molecule has 0 fully saturated rings. The molecule has 2 aromatic heterocycles. The highest BCUT2D eigenvalue weighted by Gasteiger charge is 2.38. The lowest BCUT2D eigenvalue weighted by Crippen LogP contribution is -2.49. The average Bonchev–Trinajstić information content (AvgIpc) is 3.69. The fraction of sp³-hybridized carbons (Fsp3) is 0.0400. The highest BCUT2D eigenvalue weighted by atomic mass is 28.3. The minimum Gasteiger partial charge on any atom is -0.309 e. The van der Waals surface area contributed by atoms with Gasteiger partial charge in [-0.05, 0) is 74.2 Å². The molecule has 10 aromatic rings. The number of hydrogen-bond donors (Lipinski definition) is 0. The molecule has 0 spiro atoms. The zero-order chi connectivity index (χ0) is 36.0. The molecule has 8 aromatic carbocycles. The van der Waals surface area contributed by atoms with Crippen molar-refractivity contribution >= 4 is 61.9 Å². The molecule has 11 rings (SSSR count). The summed E-state index contributed by atoms with van der Waals surface area (Å²) in [6, 6.07) is 63.8. The Labute approximate surface area is 314 Å². The Morgan fingerprint density at radius 2 is 1.17 bits per heavy atom. The Kier molecular flexibility index (Phi) is 6.70. The monoisotopic (exact) mass is 705 g/mol. The number of fused-ring (bicyclic) bond motifs is 10. The number of nitrogens with zero attached hydrogens (tertiary/aromatic N) is 3. The van der Waals surface area contributed by atoms with Crippen LogP contribution in [0, 0.1) is 0 Å². The van der Waals surface area contributed by atoms with Crippen LogP contribution in [-0.2, 0) is 0 Å². The highest BCUT2D eigenvalue weighted by Crippen LogP contribution is 2.41. The summed E-state index contributed by atoms with van der Waals surface area (Å²) < 4.78 is 2.39. The van der Waals surface area contributed by atoms with Crippen LogP contribution in [-0.4, -0.2) is 22.6 Å². The van der Waals surface area contributed by atoms with Gasteiger partial charge in [0.25, 0.3) is 0 Å². The Hall–Kier alpha value is -6.62. The van der Waals surface area contributed by atoms with E-state index in [0.717, 1.165) is 50.4 Å². The standard InChI is InChI=1S/C50H35N3Si/c1-54(2)44-23-12-11-22-39(44)47-45(54)29-26-40-48(33-15-5-3-6-16-33)51-50(52-49(40)47)36-18-13-17-34(30-36)35-25-27-42-41(31-35)46-38-21-10-9-14-32(38)24-28-43(46)53(42)37-19-7-4-8-20-37/h3-31H,1-2H3. The minimum absolute atomic E-state index is 0.744. The van der Waals surface area contributed by atoms with Gasteiger partial charge in [0, 0.05) is 38.5 Å². The van der Waals surface area contributed by atoms with E-state index in [0.29, 0.717) is 0 Å². The molecule has 0 saturated carbocycles. The van der Waals surface area contributed by atoms with Crippen LogP contribution in [0.5, 0.6) is 0 Å². The normalized spacial score (nSPS) is 13.1. The largest absolute Gasteiger partial charge is 0.309 e. The van der Waals surface area contributed by atoms with Crippen molar-refractivity contribution in [3.05, 3.63) is 176 Å². The van der Waals surface area contributed by atoms with E-state index in [9.17, 15) is 0 Å². The lowest BCUT2D eigenvalue weighted by Gasteiger charge is -2.19. The molecule has 0 bridgehead atoms. The summed E-state index contributed by atoms with van der Waals surface area (Å²) in [5.74, 6) is 0.744. The van der Waals surface area contributed by atoms with Gasteiger partial charge in [-0.1, -0.05) is 153 Å². The van der Waals surface area contributed by atoms with E-state index in [1.54, 1.807) is 0 Å². The zero-order valence-corrected chi connectivity index (χ0v) is 31.1.